The largest absolute Gasteiger partial charge is 0.412 e. The molecule has 2 rings (SSSR count). The van der Waals surface area contributed by atoms with E-state index in [1.807, 2.05) is 19.9 Å². The van der Waals surface area contributed by atoms with Crippen LogP contribution in [0.4, 0.5) is 0 Å². The topological polar surface area (TPSA) is 106 Å². The van der Waals surface area contributed by atoms with Crippen LogP contribution < -0.4 is 0 Å². The number of hydrogen-bond donors (Lipinski definition) is 0. The summed E-state index contributed by atoms with van der Waals surface area (Å²) in [4.78, 5) is 8.17. The summed E-state index contributed by atoms with van der Waals surface area (Å²) in [5.41, 5.74) is 2.04. The average Bonchev–Trinajstić information content (AvgIpc) is 2.34. The second-order valence-electron chi connectivity index (χ2n) is 2.51. The Morgan fingerprint density at radius 1 is 1.23 bits per heavy atom. The minimum absolute atomic E-state index is 0. The lowest BCUT2D eigenvalue weighted by Gasteiger charge is -1.97. The van der Waals surface area contributed by atoms with E-state index in [0.717, 1.165) is 11.4 Å². The van der Waals surface area contributed by atoms with Gasteiger partial charge in [-0.1, -0.05) is 0 Å². The van der Waals surface area contributed by atoms with Crippen LogP contribution in [0.25, 0.3) is 5.78 Å². The molecule has 0 radical (unpaired) electrons. The van der Waals surface area contributed by atoms with Crippen molar-refractivity contribution < 1.29 is 11.0 Å². The van der Waals surface area contributed by atoms with Gasteiger partial charge in [0.2, 0.25) is 0 Å². The molecule has 72 valence electrons. The summed E-state index contributed by atoms with van der Waals surface area (Å²) in [5, 5.41) is 4.00. The van der Waals surface area contributed by atoms with Gasteiger partial charge in [0.15, 0.2) is 0 Å². The molecule has 0 aliphatic carbocycles. The van der Waals surface area contributed by atoms with Crippen molar-refractivity contribution in [2.45, 2.75) is 13.8 Å². The Morgan fingerprint density at radius 3 is 2.62 bits per heavy atom. The molecule has 2 aromatic heterocycles. The van der Waals surface area contributed by atoms with Gasteiger partial charge in [-0.3, -0.25) is 0 Å². The summed E-state index contributed by atoms with van der Waals surface area (Å²) in [6.07, 6.45) is 1.51. The van der Waals surface area contributed by atoms with Crippen molar-refractivity contribution in [3.05, 3.63) is 23.8 Å². The van der Waals surface area contributed by atoms with Gasteiger partial charge in [-0.2, -0.15) is 10.1 Å². The second-order valence-corrected chi connectivity index (χ2v) is 2.51. The lowest BCUT2D eigenvalue weighted by molar-refractivity contribution is 0.823. The Labute approximate surface area is 74.9 Å². The Kier molecular flexibility index (Phi) is 3.46. The van der Waals surface area contributed by atoms with E-state index in [9.17, 15) is 0 Å². The van der Waals surface area contributed by atoms with Gasteiger partial charge in [0.05, 0.1) is 0 Å². The normalized spacial score (nSPS) is 9.08. The third kappa shape index (κ3) is 1.79. The van der Waals surface area contributed by atoms with E-state index in [-0.39, 0.29) is 11.0 Å². The maximum Gasteiger partial charge on any atom is 0.252 e. The van der Waals surface area contributed by atoms with Crippen LogP contribution in [0.2, 0.25) is 0 Å². The van der Waals surface area contributed by atoms with Crippen LogP contribution in [0.3, 0.4) is 0 Å². The van der Waals surface area contributed by atoms with Crippen LogP contribution >= 0.6 is 0 Å². The third-order valence-corrected chi connectivity index (χ3v) is 1.56. The molecule has 0 bridgehead atoms. The second kappa shape index (κ2) is 3.92. The van der Waals surface area contributed by atoms with Gasteiger partial charge in [-0.05, 0) is 19.9 Å². The fourth-order valence-electron chi connectivity index (χ4n) is 1.11. The highest BCUT2D eigenvalue weighted by Crippen LogP contribution is 2.01. The van der Waals surface area contributed by atoms with Crippen molar-refractivity contribution in [3.63, 3.8) is 0 Å². The van der Waals surface area contributed by atoms with Crippen LogP contribution in [0.5, 0.6) is 0 Å². The molecule has 0 aliphatic rings. The molecule has 0 fully saturated rings. The van der Waals surface area contributed by atoms with Crippen molar-refractivity contribution in [1.29, 1.82) is 0 Å². The summed E-state index contributed by atoms with van der Waals surface area (Å²) in [7, 11) is 0. The van der Waals surface area contributed by atoms with E-state index < -0.39 is 0 Å². The highest BCUT2D eigenvalue weighted by atomic mass is 16.0. The zero-order valence-corrected chi connectivity index (χ0v) is 7.44. The molecule has 0 saturated heterocycles. The van der Waals surface area contributed by atoms with Crippen molar-refractivity contribution in [3.8, 4) is 0 Å². The Bertz CT molecular complexity index is 398. The molecule has 6 nitrogen and oxygen atoms in total. The molecule has 2 heterocycles. The molecule has 2 aromatic rings. The van der Waals surface area contributed by atoms with Crippen molar-refractivity contribution in [2.75, 3.05) is 0 Å². The predicted octanol–water partition coefficient (Wildman–Crippen LogP) is -0.908. The van der Waals surface area contributed by atoms with Crippen molar-refractivity contribution in [1.82, 2.24) is 19.6 Å². The minimum atomic E-state index is 0. The quantitative estimate of drug-likeness (QED) is 0.529. The molecule has 6 heteroatoms. The van der Waals surface area contributed by atoms with E-state index in [1.165, 1.54) is 6.33 Å². The van der Waals surface area contributed by atoms with E-state index in [4.69, 9.17) is 0 Å². The van der Waals surface area contributed by atoms with E-state index in [1.54, 1.807) is 4.52 Å². The van der Waals surface area contributed by atoms with Gasteiger partial charge in [0, 0.05) is 11.4 Å². The first-order chi connectivity index (χ1) is 5.27. The summed E-state index contributed by atoms with van der Waals surface area (Å²) < 4.78 is 1.72. The van der Waals surface area contributed by atoms with Gasteiger partial charge in [0.1, 0.15) is 6.33 Å². The summed E-state index contributed by atoms with van der Waals surface area (Å²) in [6.45, 7) is 3.93. The van der Waals surface area contributed by atoms with Crippen LogP contribution in [0.15, 0.2) is 12.4 Å². The highest BCUT2D eigenvalue weighted by molar-refractivity contribution is 5.28. The molecule has 13 heavy (non-hydrogen) atoms. The van der Waals surface area contributed by atoms with E-state index >= 15 is 0 Å². The summed E-state index contributed by atoms with van der Waals surface area (Å²) >= 11 is 0. The zero-order chi connectivity index (χ0) is 7.84. The van der Waals surface area contributed by atoms with Crippen LogP contribution in [0, 0.1) is 13.8 Å². The first-order valence-corrected chi connectivity index (χ1v) is 3.41. The highest BCUT2D eigenvalue weighted by Gasteiger charge is 1.99. The molecular weight excluding hydrogens is 172 g/mol. The van der Waals surface area contributed by atoms with Gasteiger partial charge in [0.25, 0.3) is 5.78 Å². The lowest BCUT2D eigenvalue weighted by atomic mass is 10.4. The van der Waals surface area contributed by atoms with Crippen molar-refractivity contribution >= 4 is 5.78 Å². The standard InChI is InChI=1S/C7H8N4.2H2O/c1-5-3-6(2)11-7(10-5)8-4-9-11;;/h3-4H,1-2H3;2*1H2. The number of aryl methyl sites for hydroxylation is 2. The predicted molar refractivity (Wildman–Crippen MR) is 47.5 cm³/mol. The van der Waals surface area contributed by atoms with Gasteiger partial charge < -0.3 is 11.0 Å². The van der Waals surface area contributed by atoms with E-state index in [2.05, 4.69) is 15.1 Å². The van der Waals surface area contributed by atoms with Crippen molar-refractivity contribution in [2.24, 2.45) is 0 Å². The first kappa shape index (κ1) is 11.5. The van der Waals surface area contributed by atoms with Crippen LogP contribution in [-0.2, 0) is 0 Å². The molecular formula is C7H12N4O2. The third-order valence-electron chi connectivity index (χ3n) is 1.56. The molecule has 0 aliphatic heterocycles. The molecule has 0 unspecified atom stereocenters. The molecule has 0 aromatic carbocycles. The number of rotatable bonds is 0. The smallest absolute Gasteiger partial charge is 0.252 e. The average molecular weight is 184 g/mol. The fraction of sp³-hybridized carbons (Fsp3) is 0.286. The number of aromatic nitrogens is 4. The Morgan fingerprint density at radius 2 is 1.92 bits per heavy atom. The monoisotopic (exact) mass is 184 g/mol. The number of nitrogens with zero attached hydrogens (tertiary/aromatic N) is 4. The zero-order valence-electron chi connectivity index (χ0n) is 7.44. The fourth-order valence-corrected chi connectivity index (χ4v) is 1.11. The van der Waals surface area contributed by atoms with Crippen LogP contribution in [0.1, 0.15) is 11.4 Å². The molecule has 0 spiro atoms. The maximum atomic E-state index is 4.19. The Balaban J connectivity index is 0.000000720. The van der Waals surface area contributed by atoms with Gasteiger partial charge in [-0.15, -0.1) is 0 Å². The molecule has 0 atom stereocenters. The number of hydrogen-bond acceptors (Lipinski definition) is 3. The SMILES string of the molecule is Cc1cc(C)n2ncnc2n1.O.O. The minimum Gasteiger partial charge on any atom is -0.412 e. The molecule has 4 N–H and O–H groups in total. The summed E-state index contributed by atoms with van der Waals surface area (Å²) in [5.74, 6) is 0.669. The maximum absolute atomic E-state index is 4.19. The van der Waals surface area contributed by atoms with Crippen LogP contribution in [-0.4, -0.2) is 30.5 Å². The van der Waals surface area contributed by atoms with Gasteiger partial charge in [-0.25, -0.2) is 9.50 Å². The van der Waals surface area contributed by atoms with E-state index in [0.29, 0.717) is 5.78 Å². The molecule has 0 saturated carbocycles. The first-order valence-electron chi connectivity index (χ1n) is 3.41. The lowest BCUT2D eigenvalue weighted by Crippen LogP contribution is -1.97. The molecule has 0 amide bonds. The summed E-state index contributed by atoms with van der Waals surface area (Å²) in [6, 6.07) is 1.97. The van der Waals surface area contributed by atoms with Gasteiger partial charge >= 0.3 is 0 Å². The number of fused-ring (bicyclic) bond motifs is 1. The Hall–Kier alpha value is -1.53.